The van der Waals surface area contributed by atoms with E-state index in [4.69, 9.17) is 4.74 Å². The molecule has 2 aromatic heterocycles. The number of likely N-dealkylation sites (tertiary alicyclic amines) is 1. The predicted molar refractivity (Wildman–Crippen MR) is 159 cm³/mol. The molecule has 3 aliphatic rings. The highest BCUT2D eigenvalue weighted by molar-refractivity contribution is 5.85. The van der Waals surface area contributed by atoms with Gasteiger partial charge in [-0.15, -0.1) is 0 Å². The molecule has 7 nitrogen and oxygen atoms in total. The molecule has 2 aliphatic heterocycles. The van der Waals surface area contributed by atoms with Crippen LogP contribution in [0.1, 0.15) is 106 Å². The zero-order valence-electron chi connectivity index (χ0n) is 24.5. The summed E-state index contributed by atoms with van der Waals surface area (Å²) < 4.78 is 5.73. The van der Waals surface area contributed by atoms with E-state index in [1.54, 1.807) is 0 Å². The van der Waals surface area contributed by atoms with Gasteiger partial charge in [0.1, 0.15) is 17.5 Å². The zero-order valence-corrected chi connectivity index (χ0v) is 24.5. The first-order chi connectivity index (χ1) is 19.2. The summed E-state index contributed by atoms with van der Waals surface area (Å²) in [6, 6.07) is 6.00. The van der Waals surface area contributed by atoms with E-state index in [2.05, 4.69) is 40.4 Å². The number of carbonyl (C=O) groups is 2. The third-order valence-corrected chi connectivity index (χ3v) is 8.31. The number of ether oxygens (including phenoxy) is 1. The lowest BCUT2D eigenvalue weighted by molar-refractivity contribution is -0.109. The number of aryl methyl sites for hydroxylation is 1. The lowest BCUT2D eigenvalue weighted by Crippen LogP contribution is -2.38. The number of amides is 1. The Balaban J connectivity index is 0.000000477. The quantitative estimate of drug-likeness (QED) is 0.337. The second kappa shape index (κ2) is 12.1. The van der Waals surface area contributed by atoms with E-state index in [-0.39, 0.29) is 18.2 Å². The number of rotatable bonds is 3. The molecule has 4 heterocycles. The van der Waals surface area contributed by atoms with Crippen LogP contribution in [0.4, 0.5) is 4.79 Å². The van der Waals surface area contributed by atoms with Crippen LogP contribution in [0.25, 0.3) is 22.2 Å². The van der Waals surface area contributed by atoms with Gasteiger partial charge >= 0.3 is 6.09 Å². The highest BCUT2D eigenvalue weighted by Gasteiger charge is 2.37. The number of aromatic nitrogens is 2. The third kappa shape index (κ3) is 6.25. The van der Waals surface area contributed by atoms with Crippen LogP contribution in [-0.2, 0) is 16.0 Å². The third-order valence-electron chi connectivity index (χ3n) is 8.31. The summed E-state index contributed by atoms with van der Waals surface area (Å²) in [6.07, 6.45) is 16.1. The van der Waals surface area contributed by atoms with Crippen LogP contribution in [0.2, 0.25) is 0 Å². The first-order valence-corrected chi connectivity index (χ1v) is 15.0. The first kappa shape index (κ1) is 28.3. The van der Waals surface area contributed by atoms with E-state index in [0.29, 0.717) is 6.54 Å². The van der Waals surface area contributed by atoms with Crippen LogP contribution in [0, 0.1) is 6.92 Å². The van der Waals surface area contributed by atoms with Crippen molar-refractivity contribution >= 4 is 23.4 Å². The molecule has 1 saturated heterocycles. The maximum Gasteiger partial charge on any atom is 0.410 e. The van der Waals surface area contributed by atoms with Gasteiger partial charge in [0.25, 0.3) is 0 Å². The smallest absolute Gasteiger partial charge is 0.410 e. The van der Waals surface area contributed by atoms with Crippen LogP contribution in [0.15, 0.2) is 30.6 Å². The summed E-state index contributed by atoms with van der Waals surface area (Å²) in [5, 5.41) is 4.44. The van der Waals surface area contributed by atoms with Crippen LogP contribution in [0.3, 0.4) is 0 Å². The molecule has 1 aromatic carbocycles. The van der Waals surface area contributed by atoms with Gasteiger partial charge in [0, 0.05) is 36.4 Å². The molecule has 2 N–H and O–H groups in total. The molecule has 0 bridgehead atoms. The summed E-state index contributed by atoms with van der Waals surface area (Å²) in [6.45, 7) is 9.12. The van der Waals surface area contributed by atoms with Gasteiger partial charge < -0.3 is 24.7 Å². The Hall–Kier alpha value is -3.19. The minimum Gasteiger partial charge on any atom is -0.444 e. The minimum absolute atomic E-state index is 0.128. The molecule has 6 rings (SSSR count). The van der Waals surface area contributed by atoms with Crippen molar-refractivity contribution in [1.82, 2.24) is 20.2 Å². The first-order valence-electron chi connectivity index (χ1n) is 15.0. The molecule has 2 fully saturated rings. The van der Waals surface area contributed by atoms with Gasteiger partial charge in [-0.1, -0.05) is 44.6 Å². The summed E-state index contributed by atoms with van der Waals surface area (Å²) in [5.41, 5.74) is 6.76. The van der Waals surface area contributed by atoms with Crippen LogP contribution < -0.4 is 5.32 Å². The van der Waals surface area contributed by atoms with Gasteiger partial charge in [-0.25, -0.2) is 9.78 Å². The maximum atomic E-state index is 13.1. The molecule has 1 aliphatic carbocycles. The van der Waals surface area contributed by atoms with Crippen molar-refractivity contribution in [2.75, 3.05) is 13.1 Å². The number of hydrogen-bond acceptors (Lipinski definition) is 5. The van der Waals surface area contributed by atoms with Crippen LogP contribution in [-0.4, -0.2) is 45.9 Å². The molecule has 2 atom stereocenters. The van der Waals surface area contributed by atoms with Gasteiger partial charge in [0.05, 0.1) is 12.1 Å². The standard InChI is InChI=1S/C27H32N4O3.C6H12/c1-16-13-29-25-20(16)12-19(14-30-25)18-10-17-7-8-28-22(15-32)24(17)21(11-18)23-6-5-9-31(23)26(33)34-27(2,3)4;1-2-4-6-5-3-1/h10-15,22-23,28H,5-9H2,1-4H3,(H,29,30);1-6H2. The molecule has 1 amide bonds. The van der Waals surface area contributed by atoms with E-state index in [1.165, 1.54) is 38.5 Å². The fourth-order valence-corrected chi connectivity index (χ4v) is 6.33. The second-order valence-electron chi connectivity index (χ2n) is 12.5. The fourth-order valence-electron chi connectivity index (χ4n) is 6.33. The maximum absolute atomic E-state index is 13.1. The van der Waals surface area contributed by atoms with Crippen molar-refractivity contribution in [3.05, 3.63) is 52.8 Å². The van der Waals surface area contributed by atoms with Crippen molar-refractivity contribution < 1.29 is 14.3 Å². The molecule has 0 spiro atoms. The lowest BCUT2D eigenvalue weighted by Gasteiger charge is -2.33. The molecular weight excluding hydrogens is 500 g/mol. The zero-order chi connectivity index (χ0) is 28.3. The SMILES string of the molecule is C1CCCCC1.Cc1c[nH]c2ncc(-c3cc4c(c(C5CCCN5C(=O)OC(C)(C)C)c3)C(C=O)NCC4)cc12. The average Bonchev–Trinajstić information content (AvgIpc) is 3.59. The van der Waals surface area contributed by atoms with Crippen molar-refractivity contribution in [2.24, 2.45) is 0 Å². The predicted octanol–water partition coefficient (Wildman–Crippen LogP) is 7.34. The van der Waals surface area contributed by atoms with E-state index in [9.17, 15) is 9.59 Å². The van der Waals surface area contributed by atoms with Gasteiger partial charge in [-0.05, 0) is 86.9 Å². The van der Waals surface area contributed by atoms with E-state index in [1.807, 2.05) is 38.1 Å². The number of pyridine rings is 1. The van der Waals surface area contributed by atoms with E-state index in [0.717, 1.165) is 76.5 Å². The van der Waals surface area contributed by atoms with Gasteiger partial charge in [-0.2, -0.15) is 0 Å². The van der Waals surface area contributed by atoms with Crippen molar-refractivity contribution in [1.29, 1.82) is 0 Å². The molecule has 0 radical (unpaired) electrons. The molecular formula is C33H44N4O3. The monoisotopic (exact) mass is 544 g/mol. The number of nitrogens with one attached hydrogen (secondary N) is 2. The van der Waals surface area contributed by atoms with Gasteiger partial charge in [0.15, 0.2) is 0 Å². The number of aromatic amines is 1. The van der Waals surface area contributed by atoms with Crippen molar-refractivity contribution in [3.63, 3.8) is 0 Å². The topological polar surface area (TPSA) is 87.3 Å². The van der Waals surface area contributed by atoms with Gasteiger partial charge in [0.2, 0.25) is 0 Å². The highest BCUT2D eigenvalue weighted by Crippen LogP contribution is 2.41. The number of carbonyl (C=O) groups excluding carboxylic acids is 2. The Morgan fingerprint density at radius 2 is 1.77 bits per heavy atom. The Kier molecular flexibility index (Phi) is 8.60. The van der Waals surface area contributed by atoms with Crippen LogP contribution >= 0.6 is 0 Å². The number of benzene rings is 1. The Labute approximate surface area is 238 Å². The second-order valence-corrected chi connectivity index (χ2v) is 12.5. The Bertz CT molecular complexity index is 1340. The molecule has 2 unspecified atom stereocenters. The number of nitrogens with zero attached hydrogens (tertiary/aromatic N) is 2. The Morgan fingerprint density at radius 1 is 1.05 bits per heavy atom. The van der Waals surface area contributed by atoms with Gasteiger partial charge in [-0.3, -0.25) is 0 Å². The normalized spacial score (nSPS) is 20.9. The molecule has 7 heteroatoms. The molecule has 3 aromatic rings. The van der Waals surface area contributed by atoms with Crippen molar-refractivity contribution in [3.8, 4) is 11.1 Å². The number of fused-ring (bicyclic) bond motifs is 2. The lowest BCUT2D eigenvalue weighted by atomic mass is 9.84. The van der Waals surface area contributed by atoms with Crippen LogP contribution in [0.5, 0.6) is 0 Å². The van der Waals surface area contributed by atoms with Crippen molar-refractivity contribution in [2.45, 2.75) is 103 Å². The number of aldehydes is 1. The largest absolute Gasteiger partial charge is 0.444 e. The molecule has 214 valence electrons. The summed E-state index contributed by atoms with van der Waals surface area (Å²) >= 11 is 0. The summed E-state index contributed by atoms with van der Waals surface area (Å²) in [7, 11) is 0. The Morgan fingerprint density at radius 3 is 2.45 bits per heavy atom. The van der Waals surface area contributed by atoms with E-state index >= 15 is 0 Å². The summed E-state index contributed by atoms with van der Waals surface area (Å²) in [5.74, 6) is 0. The highest BCUT2D eigenvalue weighted by atomic mass is 16.6. The van der Waals surface area contributed by atoms with E-state index < -0.39 is 5.60 Å². The molecule has 40 heavy (non-hydrogen) atoms. The summed E-state index contributed by atoms with van der Waals surface area (Å²) in [4.78, 5) is 34.8. The fraction of sp³-hybridized carbons (Fsp3) is 0.545. The number of H-pyrrole nitrogens is 1. The minimum atomic E-state index is -0.562. The number of hydrogen-bond donors (Lipinski definition) is 2. The average molecular weight is 545 g/mol. The molecule has 1 saturated carbocycles.